The first-order chi connectivity index (χ1) is 19.9. The third-order valence-corrected chi connectivity index (χ3v) is 8.87. The zero-order valence-corrected chi connectivity index (χ0v) is 22.6. The Labute approximate surface area is 240 Å². The van der Waals surface area contributed by atoms with Crippen LogP contribution in [-0.4, -0.2) is 36.5 Å². The van der Waals surface area contributed by atoms with E-state index >= 15 is 0 Å². The summed E-state index contributed by atoms with van der Waals surface area (Å²) in [4.78, 5) is 45.7. The van der Waals surface area contributed by atoms with Crippen molar-refractivity contribution in [2.24, 2.45) is 5.41 Å². The van der Waals surface area contributed by atoms with E-state index in [2.05, 4.69) is 0 Å². The minimum atomic E-state index is -1.62. The summed E-state index contributed by atoms with van der Waals surface area (Å²) in [7, 11) is 1.56. The van der Waals surface area contributed by atoms with Gasteiger partial charge in [-0.05, 0) is 65.7 Å². The van der Waals surface area contributed by atoms with Gasteiger partial charge in [0.05, 0.1) is 13.2 Å². The fourth-order valence-electron chi connectivity index (χ4n) is 6.92. The van der Waals surface area contributed by atoms with Gasteiger partial charge in [0.2, 0.25) is 0 Å². The van der Waals surface area contributed by atoms with E-state index in [4.69, 9.17) is 16.3 Å². The van der Waals surface area contributed by atoms with Crippen molar-refractivity contribution in [2.45, 2.75) is 18.0 Å². The molecule has 3 atom stereocenters. The third-order valence-electron chi connectivity index (χ3n) is 8.64. The third kappa shape index (κ3) is 3.50. The molecule has 2 heterocycles. The van der Waals surface area contributed by atoms with Crippen LogP contribution in [0.3, 0.4) is 0 Å². The average molecular weight is 564 g/mol. The Morgan fingerprint density at radius 1 is 0.902 bits per heavy atom. The number of benzene rings is 4. The molecule has 3 aliphatic rings. The van der Waals surface area contributed by atoms with Gasteiger partial charge in [0, 0.05) is 33.3 Å². The van der Waals surface area contributed by atoms with Crippen LogP contribution < -0.4 is 9.64 Å². The highest BCUT2D eigenvalue weighted by Crippen LogP contribution is 2.61. The summed E-state index contributed by atoms with van der Waals surface area (Å²) in [6, 6.07) is 23.0. The van der Waals surface area contributed by atoms with Crippen LogP contribution in [0.1, 0.15) is 48.1 Å². The molecular weight excluding hydrogens is 541 g/mol. The number of nitrogens with zero attached hydrogens (tertiary/aromatic N) is 1. The van der Waals surface area contributed by atoms with Crippen LogP contribution >= 0.6 is 11.6 Å². The van der Waals surface area contributed by atoms with E-state index in [-0.39, 0.29) is 22.9 Å². The number of carbonyl (C=O) groups excluding carboxylic acids is 3. The van der Waals surface area contributed by atoms with Crippen molar-refractivity contribution in [1.82, 2.24) is 0 Å². The minimum Gasteiger partial charge on any atom is -0.497 e. The van der Waals surface area contributed by atoms with E-state index in [0.717, 1.165) is 5.56 Å². The van der Waals surface area contributed by atoms with Gasteiger partial charge in [0.1, 0.15) is 23.0 Å². The maximum atomic E-state index is 14.6. The van der Waals surface area contributed by atoms with Crippen molar-refractivity contribution in [3.05, 3.63) is 136 Å². The number of hydrogen-bond acceptors (Lipinski definition) is 5. The fourth-order valence-corrected chi connectivity index (χ4v) is 7.10. The lowest BCUT2D eigenvalue weighted by Gasteiger charge is -2.37. The molecule has 1 spiro atoms. The van der Waals surface area contributed by atoms with Gasteiger partial charge in [-0.15, -0.1) is 0 Å². The number of halogens is 2. The van der Waals surface area contributed by atoms with Gasteiger partial charge in [-0.25, -0.2) is 4.39 Å². The van der Waals surface area contributed by atoms with Gasteiger partial charge in [-0.1, -0.05) is 60.2 Å². The van der Waals surface area contributed by atoms with Crippen molar-refractivity contribution >= 4 is 40.7 Å². The molecule has 0 N–H and O–H groups in total. The Balaban J connectivity index is 1.54. The highest BCUT2D eigenvalue weighted by molar-refractivity contribution is 6.32. The quantitative estimate of drug-likeness (QED) is 0.202. The molecule has 3 unspecified atom stereocenters. The normalized spacial score (nSPS) is 21.5. The predicted molar refractivity (Wildman–Crippen MR) is 155 cm³/mol. The molecule has 5 nitrogen and oxygen atoms in total. The second-order valence-corrected chi connectivity index (χ2v) is 11.0. The summed E-state index contributed by atoms with van der Waals surface area (Å²) >= 11 is 6.34. The molecule has 0 saturated carbocycles. The van der Waals surface area contributed by atoms with Crippen molar-refractivity contribution < 1.29 is 23.5 Å². The van der Waals surface area contributed by atoms with Crippen molar-refractivity contribution in [2.75, 3.05) is 12.0 Å². The Morgan fingerprint density at radius 2 is 1.56 bits per heavy atom. The van der Waals surface area contributed by atoms with E-state index in [1.807, 2.05) is 35.3 Å². The second kappa shape index (κ2) is 9.25. The maximum Gasteiger partial charge on any atom is 0.185 e. The minimum absolute atomic E-state index is 0.284. The van der Waals surface area contributed by atoms with E-state index < -0.39 is 29.2 Å². The number of rotatable bonds is 4. The number of carbonyl (C=O) groups is 3. The fraction of sp³-hybridized carbons (Fsp3) is 0.147. The lowest BCUT2D eigenvalue weighted by atomic mass is 9.64. The highest BCUT2D eigenvalue weighted by Gasteiger charge is 2.71. The van der Waals surface area contributed by atoms with Crippen LogP contribution in [0.4, 0.5) is 10.1 Å². The first-order valence-corrected chi connectivity index (χ1v) is 13.6. The monoisotopic (exact) mass is 563 g/mol. The summed E-state index contributed by atoms with van der Waals surface area (Å²) in [6.45, 7) is 0. The second-order valence-electron chi connectivity index (χ2n) is 10.6. The largest absolute Gasteiger partial charge is 0.497 e. The molecule has 202 valence electrons. The number of ketones is 3. The van der Waals surface area contributed by atoms with E-state index in [1.54, 1.807) is 55.6 Å². The van der Waals surface area contributed by atoms with Gasteiger partial charge < -0.3 is 9.64 Å². The number of Topliss-reactive ketones (excluding diaryl/α,β-unsaturated/α-hetero) is 3. The number of methoxy groups -OCH3 is 1. The molecule has 1 saturated heterocycles. The molecule has 0 bridgehead atoms. The van der Waals surface area contributed by atoms with Crippen molar-refractivity contribution in [1.29, 1.82) is 0 Å². The van der Waals surface area contributed by atoms with Crippen LogP contribution in [0.15, 0.2) is 97.1 Å². The van der Waals surface area contributed by atoms with Gasteiger partial charge in [0.15, 0.2) is 17.3 Å². The molecule has 0 amide bonds. The van der Waals surface area contributed by atoms with Gasteiger partial charge in [-0.3, -0.25) is 14.4 Å². The Hall–Kier alpha value is -4.55. The molecule has 7 rings (SSSR count). The number of fused-ring (bicyclic) bond motifs is 5. The zero-order chi connectivity index (χ0) is 28.5. The smallest absolute Gasteiger partial charge is 0.185 e. The van der Waals surface area contributed by atoms with Gasteiger partial charge >= 0.3 is 0 Å². The molecule has 2 aliphatic heterocycles. The van der Waals surface area contributed by atoms with Crippen LogP contribution in [0.25, 0.3) is 6.08 Å². The first kappa shape index (κ1) is 25.4. The lowest BCUT2D eigenvalue weighted by Crippen LogP contribution is -2.48. The number of anilines is 1. The van der Waals surface area contributed by atoms with E-state index in [0.29, 0.717) is 33.1 Å². The maximum absolute atomic E-state index is 14.6. The van der Waals surface area contributed by atoms with Crippen molar-refractivity contribution in [3.63, 3.8) is 0 Å². The topological polar surface area (TPSA) is 63.7 Å². The molecule has 4 aromatic rings. The molecule has 1 aliphatic carbocycles. The predicted octanol–water partition coefficient (Wildman–Crippen LogP) is 6.80. The molecule has 0 aromatic heterocycles. The summed E-state index contributed by atoms with van der Waals surface area (Å²) in [5.74, 6) is -1.68. The Morgan fingerprint density at radius 3 is 2.20 bits per heavy atom. The SMILES string of the molecule is COc1ccc(C2C(C(=O)c3ccc(F)cc3)N3c4ccc(Cl)cc4C=CC3C23C(=O)c2ccccc2C3=O)cc1. The summed E-state index contributed by atoms with van der Waals surface area (Å²) < 4.78 is 19.3. The van der Waals surface area contributed by atoms with E-state index in [9.17, 15) is 18.8 Å². The van der Waals surface area contributed by atoms with E-state index in [1.165, 1.54) is 24.3 Å². The van der Waals surface area contributed by atoms with Crippen LogP contribution in [-0.2, 0) is 0 Å². The summed E-state index contributed by atoms with van der Waals surface area (Å²) in [6.07, 6.45) is 3.71. The van der Waals surface area contributed by atoms with Gasteiger partial charge in [-0.2, -0.15) is 0 Å². The first-order valence-electron chi connectivity index (χ1n) is 13.2. The van der Waals surface area contributed by atoms with Crippen LogP contribution in [0, 0.1) is 11.2 Å². The number of hydrogen-bond donors (Lipinski definition) is 0. The molecular formula is C34H23ClFNO4. The van der Waals surface area contributed by atoms with Gasteiger partial charge in [0.25, 0.3) is 0 Å². The molecule has 4 aromatic carbocycles. The van der Waals surface area contributed by atoms with Crippen molar-refractivity contribution in [3.8, 4) is 5.75 Å². The Bertz CT molecular complexity index is 1740. The average Bonchev–Trinajstić information content (AvgIpc) is 3.43. The molecule has 0 radical (unpaired) electrons. The highest BCUT2D eigenvalue weighted by atomic mass is 35.5. The standard InChI is InChI=1S/C34H23ClFNO4/c1-41-24-14-8-19(9-15-24)29-30(31(38)20-6-12-23(36)13-7-20)37-27-16-11-22(35)18-21(27)10-17-28(37)34(29)32(39)25-4-2-3-5-26(25)33(34)40/h2-18,28-30H,1H3. The van der Waals surface area contributed by atoms with Crippen LogP contribution in [0.2, 0.25) is 5.02 Å². The zero-order valence-electron chi connectivity index (χ0n) is 21.9. The van der Waals surface area contributed by atoms with Crippen LogP contribution in [0.5, 0.6) is 5.75 Å². The Kier molecular flexibility index (Phi) is 5.73. The summed E-state index contributed by atoms with van der Waals surface area (Å²) in [5, 5.41) is 0.523. The summed E-state index contributed by atoms with van der Waals surface area (Å²) in [5.41, 5.74) is 1.47. The molecule has 41 heavy (non-hydrogen) atoms. The number of ether oxygens (including phenoxy) is 1. The lowest BCUT2D eigenvalue weighted by molar-refractivity contribution is 0.0666. The molecule has 1 fully saturated rings. The molecule has 7 heteroatoms.